The average Bonchev–Trinajstić information content (AvgIpc) is 2.62. The molecule has 1 unspecified atom stereocenters. The second-order valence-corrected chi connectivity index (χ2v) is 5.69. The lowest BCUT2D eigenvalue weighted by molar-refractivity contribution is -0.133. The lowest BCUT2D eigenvalue weighted by atomic mass is 10.1. The highest BCUT2D eigenvalue weighted by molar-refractivity contribution is 5.85. The standard InChI is InChI=1S/C18H21N3O2.2ClH/c19-17(14-6-2-1-3-7-14)18(23)21-12-10-20(11-13-21)15-8-4-5-9-16(15)22;;/h1-9,17,22H,10-13,19H2;2*1H. The molecule has 2 aromatic rings. The van der Waals surface area contributed by atoms with Crippen molar-refractivity contribution in [3.8, 4) is 5.75 Å². The minimum absolute atomic E-state index is 0. The molecule has 0 spiro atoms. The van der Waals surface area contributed by atoms with Gasteiger partial charge in [-0.3, -0.25) is 4.79 Å². The largest absolute Gasteiger partial charge is 0.506 e. The van der Waals surface area contributed by atoms with Crippen molar-refractivity contribution in [2.45, 2.75) is 6.04 Å². The smallest absolute Gasteiger partial charge is 0.244 e. The number of carbonyl (C=O) groups is 1. The second kappa shape index (κ2) is 9.51. The van der Waals surface area contributed by atoms with E-state index in [1.54, 1.807) is 17.0 Å². The van der Waals surface area contributed by atoms with Gasteiger partial charge in [0.25, 0.3) is 0 Å². The van der Waals surface area contributed by atoms with E-state index in [2.05, 4.69) is 4.90 Å². The molecule has 0 radical (unpaired) electrons. The fourth-order valence-corrected chi connectivity index (χ4v) is 2.90. The topological polar surface area (TPSA) is 69.8 Å². The summed E-state index contributed by atoms with van der Waals surface area (Å²) in [5.74, 6) is 0.224. The van der Waals surface area contributed by atoms with Gasteiger partial charge < -0.3 is 20.6 Å². The molecule has 7 heteroatoms. The number of piperazine rings is 1. The fourth-order valence-electron chi connectivity index (χ4n) is 2.90. The van der Waals surface area contributed by atoms with Crippen molar-refractivity contribution in [1.29, 1.82) is 0 Å². The lowest BCUT2D eigenvalue weighted by Crippen LogP contribution is -2.51. The Kier molecular flexibility index (Phi) is 8.03. The van der Waals surface area contributed by atoms with Gasteiger partial charge in [0.2, 0.25) is 5.91 Å². The summed E-state index contributed by atoms with van der Waals surface area (Å²) >= 11 is 0. The molecule has 1 atom stereocenters. The SMILES string of the molecule is Cl.Cl.NC(C(=O)N1CCN(c2ccccc2O)CC1)c1ccccc1. The highest BCUT2D eigenvalue weighted by Crippen LogP contribution is 2.27. The van der Waals surface area contributed by atoms with E-state index in [0.29, 0.717) is 26.2 Å². The Bertz CT molecular complexity index is 677. The zero-order chi connectivity index (χ0) is 16.2. The van der Waals surface area contributed by atoms with E-state index in [4.69, 9.17) is 5.73 Å². The minimum Gasteiger partial charge on any atom is -0.506 e. The van der Waals surface area contributed by atoms with Gasteiger partial charge in [-0.25, -0.2) is 0 Å². The molecule has 1 amide bonds. The first-order valence-electron chi connectivity index (χ1n) is 7.79. The van der Waals surface area contributed by atoms with Crippen LogP contribution in [-0.2, 0) is 4.79 Å². The van der Waals surface area contributed by atoms with Crippen molar-refractivity contribution in [2.24, 2.45) is 5.73 Å². The molecule has 0 bridgehead atoms. The van der Waals surface area contributed by atoms with Crippen LogP contribution in [0.15, 0.2) is 54.6 Å². The monoisotopic (exact) mass is 383 g/mol. The molecular formula is C18H23Cl2N3O2. The number of aromatic hydroxyl groups is 1. The Morgan fingerprint density at radius 1 is 0.920 bits per heavy atom. The molecule has 1 fully saturated rings. The van der Waals surface area contributed by atoms with Gasteiger partial charge in [0, 0.05) is 26.2 Å². The molecule has 2 aromatic carbocycles. The highest BCUT2D eigenvalue weighted by Gasteiger charge is 2.26. The van der Waals surface area contributed by atoms with Crippen molar-refractivity contribution < 1.29 is 9.90 Å². The van der Waals surface area contributed by atoms with Crippen LogP contribution in [-0.4, -0.2) is 42.1 Å². The van der Waals surface area contributed by atoms with E-state index >= 15 is 0 Å². The molecule has 0 saturated carbocycles. The van der Waals surface area contributed by atoms with Crippen LogP contribution in [0.1, 0.15) is 11.6 Å². The number of amides is 1. The summed E-state index contributed by atoms with van der Waals surface area (Å²) in [6.45, 7) is 2.58. The number of para-hydroxylation sites is 2. The number of nitrogens with two attached hydrogens (primary N) is 1. The van der Waals surface area contributed by atoms with Crippen LogP contribution < -0.4 is 10.6 Å². The van der Waals surface area contributed by atoms with Gasteiger partial charge in [-0.2, -0.15) is 0 Å². The third-order valence-corrected chi connectivity index (χ3v) is 4.24. The first-order chi connectivity index (χ1) is 11.2. The third kappa shape index (κ3) is 4.78. The second-order valence-electron chi connectivity index (χ2n) is 5.69. The highest BCUT2D eigenvalue weighted by atomic mass is 35.5. The zero-order valence-electron chi connectivity index (χ0n) is 13.7. The summed E-state index contributed by atoms with van der Waals surface area (Å²) in [5, 5.41) is 9.93. The van der Waals surface area contributed by atoms with Gasteiger partial charge in [-0.05, 0) is 17.7 Å². The Balaban J connectivity index is 0.00000156. The van der Waals surface area contributed by atoms with Gasteiger partial charge in [0.05, 0.1) is 5.69 Å². The van der Waals surface area contributed by atoms with Crippen molar-refractivity contribution in [3.63, 3.8) is 0 Å². The summed E-state index contributed by atoms with van der Waals surface area (Å²) in [6.07, 6.45) is 0. The number of carbonyl (C=O) groups excluding carboxylic acids is 1. The molecule has 25 heavy (non-hydrogen) atoms. The van der Waals surface area contributed by atoms with Crippen molar-refractivity contribution in [3.05, 3.63) is 60.2 Å². The van der Waals surface area contributed by atoms with Crippen LogP contribution in [0.4, 0.5) is 5.69 Å². The van der Waals surface area contributed by atoms with Crippen LogP contribution in [0, 0.1) is 0 Å². The van der Waals surface area contributed by atoms with Crippen LogP contribution in [0.2, 0.25) is 0 Å². The number of anilines is 1. The van der Waals surface area contributed by atoms with Crippen molar-refractivity contribution in [1.82, 2.24) is 4.90 Å². The van der Waals surface area contributed by atoms with Gasteiger partial charge in [0.1, 0.15) is 11.8 Å². The van der Waals surface area contributed by atoms with E-state index in [1.165, 1.54) is 0 Å². The van der Waals surface area contributed by atoms with E-state index < -0.39 is 6.04 Å². The Morgan fingerprint density at radius 3 is 2.08 bits per heavy atom. The predicted molar refractivity (Wildman–Crippen MR) is 105 cm³/mol. The number of nitrogens with zero attached hydrogens (tertiary/aromatic N) is 2. The molecule has 136 valence electrons. The first-order valence-corrected chi connectivity index (χ1v) is 7.79. The van der Waals surface area contributed by atoms with Gasteiger partial charge in [-0.15, -0.1) is 24.8 Å². The molecule has 1 heterocycles. The molecule has 3 rings (SSSR count). The van der Waals surface area contributed by atoms with E-state index in [9.17, 15) is 9.90 Å². The molecule has 5 nitrogen and oxygen atoms in total. The zero-order valence-corrected chi connectivity index (χ0v) is 15.4. The van der Waals surface area contributed by atoms with Crippen LogP contribution >= 0.6 is 24.8 Å². The minimum atomic E-state index is -0.618. The third-order valence-electron chi connectivity index (χ3n) is 4.24. The normalized spacial score (nSPS) is 14.9. The molecule has 3 N–H and O–H groups in total. The Labute approximate surface area is 160 Å². The Hall–Kier alpha value is -1.95. The van der Waals surface area contributed by atoms with Crippen LogP contribution in [0.3, 0.4) is 0 Å². The maximum atomic E-state index is 12.5. The van der Waals surface area contributed by atoms with Crippen molar-refractivity contribution >= 4 is 36.4 Å². The summed E-state index contributed by atoms with van der Waals surface area (Å²) in [5.41, 5.74) is 7.74. The molecular weight excluding hydrogens is 361 g/mol. The number of rotatable bonds is 3. The summed E-state index contributed by atoms with van der Waals surface area (Å²) in [6, 6.07) is 16.1. The van der Waals surface area contributed by atoms with E-state index in [0.717, 1.165) is 11.3 Å². The van der Waals surface area contributed by atoms with Crippen molar-refractivity contribution in [2.75, 3.05) is 31.1 Å². The molecule has 1 saturated heterocycles. The summed E-state index contributed by atoms with van der Waals surface area (Å²) in [7, 11) is 0. The van der Waals surface area contributed by atoms with Gasteiger partial charge >= 0.3 is 0 Å². The summed E-state index contributed by atoms with van der Waals surface area (Å²) in [4.78, 5) is 16.4. The molecule has 0 aromatic heterocycles. The number of halogens is 2. The maximum absolute atomic E-state index is 12.5. The van der Waals surface area contributed by atoms with E-state index in [-0.39, 0.29) is 36.5 Å². The predicted octanol–water partition coefficient (Wildman–Crippen LogP) is 2.58. The quantitative estimate of drug-likeness (QED) is 0.854. The van der Waals surface area contributed by atoms with E-state index in [1.807, 2.05) is 42.5 Å². The number of phenolic OH excluding ortho intramolecular Hbond substituents is 1. The molecule has 0 aliphatic carbocycles. The average molecular weight is 384 g/mol. The number of hydrogen-bond acceptors (Lipinski definition) is 4. The number of phenols is 1. The molecule has 1 aliphatic heterocycles. The van der Waals surface area contributed by atoms with Gasteiger partial charge in [-0.1, -0.05) is 42.5 Å². The van der Waals surface area contributed by atoms with Crippen LogP contribution in [0.25, 0.3) is 0 Å². The number of benzene rings is 2. The fraction of sp³-hybridized carbons (Fsp3) is 0.278. The maximum Gasteiger partial charge on any atom is 0.244 e. The molecule has 1 aliphatic rings. The lowest BCUT2D eigenvalue weighted by Gasteiger charge is -2.37. The summed E-state index contributed by atoms with van der Waals surface area (Å²) < 4.78 is 0. The van der Waals surface area contributed by atoms with Crippen LogP contribution in [0.5, 0.6) is 5.75 Å². The first kappa shape index (κ1) is 21.1. The number of hydrogen-bond donors (Lipinski definition) is 2. The van der Waals surface area contributed by atoms with Gasteiger partial charge in [0.15, 0.2) is 0 Å². The Morgan fingerprint density at radius 2 is 1.48 bits per heavy atom.